The zero-order chi connectivity index (χ0) is 18.6. The highest BCUT2D eigenvalue weighted by Crippen LogP contribution is 2.24. The van der Waals surface area contributed by atoms with Gasteiger partial charge in [-0.25, -0.2) is 4.39 Å². The molecule has 0 aliphatic rings. The Morgan fingerprint density at radius 1 is 1.04 bits per heavy atom. The van der Waals surface area contributed by atoms with E-state index in [9.17, 15) is 9.18 Å². The van der Waals surface area contributed by atoms with Crippen LogP contribution in [-0.4, -0.2) is 26.5 Å². The maximum atomic E-state index is 13.1. The number of amides is 1. The van der Waals surface area contributed by atoms with Gasteiger partial charge in [0.15, 0.2) is 5.76 Å². The van der Waals surface area contributed by atoms with Crippen LogP contribution in [0.25, 0.3) is 11.3 Å². The van der Waals surface area contributed by atoms with Crippen LogP contribution in [0.15, 0.2) is 71.1 Å². The number of carbonyl (C=O) groups excluding carboxylic acids is 1. The van der Waals surface area contributed by atoms with E-state index in [0.29, 0.717) is 17.1 Å². The third kappa shape index (κ3) is 3.59. The molecule has 7 nitrogen and oxygen atoms in total. The molecule has 0 radical (unpaired) electrons. The predicted octanol–water partition coefficient (Wildman–Crippen LogP) is 3.12. The first kappa shape index (κ1) is 16.6. The van der Waals surface area contributed by atoms with Crippen molar-refractivity contribution in [1.29, 1.82) is 0 Å². The number of aromatic nitrogens is 4. The van der Waals surface area contributed by atoms with Gasteiger partial charge >= 0.3 is 0 Å². The Morgan fingerprint density at radius 2 is 1.81 bits per heavy atom. The second-order valence-corrected chi connectivity index (χ2v) is 5.76. The van der Waals surface area contributed by atoms with Crippen LogP contribution in [0.4, 0.5) is 4.39 Å². The molecule has 2 heterocycles. The van der Waals surface area contributed by atoms with Crippen LogP contribution >= 0.6 is 0 Å². The van der Waals surface area contributed by atoms with Crippen LogP contribution in [0.2, 0.25) is 0 Å². The van der Waals surface area contributed by atoms with Gasteiger partial charge in [-0.05, 0) is 42.0 Å². The number of halogens is 1. The highest BCUT2D eigenvalue weighted by molar-refractivity contribution is 5.92. The lowest BCUT2D eigenvalue weighted by Gasteiger charge is -2.14. The van der Waals surface area contributed by atoms with Crippen molar-refractivity contribution in [1.82, 2.24) is 25.9 Å². The third-order valence-electron chi connectivity index (χ3n) is 3.99. The minimum Gasteiger partial charge on any atom is -0.451 e. The SMILES string of the molecule is O=C(NC(c1ccccc1)c1nn[nH]n1)c1ccc(-c2ccc(F)cc2)o1. The van der Waals surface area contributed by atoms with Crippen molar-refractivity contribution < 1.29 is 13.6 Å². The van der Waals surface area contributed by atoms with Gasteiger partial charge in [-0.2, -0.15) is 5.21 Å². The number of nitrogens with zero attached hydrogens (tertiary/aromatic N) is 3. The summed E-state index contributed by atoms with van der Waals surface area (Å²) in [5.41, 5.74) is 1.48. The standard InChI is InChI=1S/C19H14FN5O2/c20-14-8-6-12(7-9-14)15-10-11-16(27-15)19(26)21-17(18-22-24-25-23-18)13-4-2-1-3-5-13/h1-11,17H,(H,21,26)(H,22,23,24,25). The number of nitrogens with one attached hydrogen (secondary N) is 2. The summed E-state index contributed by atoms with van der Waals surface area (Å²) in [7, 11) is 0. The van der Waals surface area contributed by atoms with Gasteiger partial charge in [0.05, 0.1) is 0 Å². The largest absolute Gasteiger partial charge is 0.451 e. The van der Waals surface area contributed by atoms with Crippen molar-refractivity contribution in [3.05, 3.63) is 89.7 Å². The molecule has 0 spiro atoms. The molecule has 2 aromatic carbocycles. The van der Waals surface area contributed by atoms with E-state index in [1.165, 1.54) is 12.1 Å². The number of aromatic amines is 1. The van der Waals surface area contributed by atoms with E-state index in [-0.39, 0.29) is 11.6 Å². The van der Waals surface area contributed by atoms with E-state index in [2.05, 4.69) is 25.9 Å². The fourth-order valence-corrected chi connectivity index (χ4v) is 2.67. The van der Waals surface area contributed by atoms with Crippen molar-refractivity contribution in [2.24, 2.45) is 0 Å². The summed E-state index contributed by atoms with van der Waals surface area (Å²) in [6, 6.07) is 17.8. The molecule has 27 heavy (non-hydrogen) atoms. The number of hydrogen-bond acceptors (Lipinski definition) is 5. The van der Waals surface area contributed by atoms with E-state index < -0.39 is 11.9 Å². The highest BCUT2D eigenvalue weighted by atomic mass is 19.1. The zero-order valence-corrected chi connectivity index (χ0v) is 14.0. The predicted molar refractivity (Wildman–Crippen MR) is 94.0 cm³/mol. The Bertz CT molecular complexity index is 1030. The van der Waals surface area contributed by atoms with Gasteiger partial charge in [0.2, 0.25) is 5.82 Å². The van der Waals surface area contributed by atoms with E-state index >= 15 is 0 Å². The summed E-state index contributed by atoms with van der Waals surface area (Å²) >= 11 is 0. The molecule has 134 valence electrons. The molecule has 2 aromatic heterocycles. The number of H-pyrrole nitrogens is 1. The van der Waals surface area contributed by atoms with Crippen LogP contribution in [-0.2, 0) is 0 Å². The van der Waals surface area contributed by atoms with Crippen molar-refractivity contribution in [2.75, 3.05) is 0 Å². The molecule has 1 atom stereocenters. The minimum atomic E-state index is -0.586. The molecular weight excluding hydrogens is 349 g/mol. The van der Waals surface area contributed by atoms with Gasteiger partial charge in [-0.15, -0.1) is 10.2 Å². The lowest BCUT2D eigenvalue weighted by atomic mass is 10.1. The molecule has 0 saturated carbocycles. The normalized spacial score (nSPS) is 11.9. The summed E-state index contributed by atoms with van der Waals surface area (Å²) in [5, 5.41) is 16.7. The first-order chi connectivity index (χ1) is 13.2. The van der Waals surface area contributed by atoms with Gasteiger partial charge in [0, 0.05) is 5.56 Å². The summed E-state index contributed by atoms with van der Waals surface area (Å²) in [6.45, 7) is 0. The van der Waals surface area contributed by atoms with Crippen molar-refractivity contribution in [3.63, 3.8) is 0 Å². The van der Waals surface area contributed by atoms with Gasteiger partial charge in [0.25, 0.3) is 5.91 Å². The Hall–Kier alpha value is -3.81. The first-order valence-corrected chi connectivity index (χ1v) is 8.15. The molecule has 0 aliphatic heterocycles. The van der Waals surface area contributed by atoms with Crippen molar-refractivity contribution >= 4 is 5.91 Å². The van der Waals surface area contributed by atoms with Gasteiger partial charge < -0.3 is 9.73 Å². The number of carbonyl (C=O) groups is 1. The second kappa shape index (κ2) is 7.20. The maximum Gasteiger partial charge on any atom is 0.287 e. The lowest BCUT2D eigenvalue weighted by molar-refractivity contribution is 0.0914. The molecule has 0 fully saturated rings. The van der Waals surface area contributed by atoms with Crippen LogP contribution < -0.4 is 5.32 Å². The zero-order valence-electron chi connectivity index (χ0n) is 14.0. The van der Waals surface area contributed by atoms with Gasteiger partial charge in [-0.3, -0.25) is 4.79 Å². The topological polar surface area (TPSA) is 96.7 Å². The molecule has 4 rings (SSSR count). The Labute approximate surface area is 153 Å². The van der Waals surface area contributed by atoms with E-state index in [4.69, 9.17) is 4.42 Å². The number of tetrazole rings is 1. The highest BCUT2D eigenvalue weighted by Gasteiger charge is 2.23. The van der Waals surface area contributed by atoms with Crippen molar-refractivity contribution in [2.45, 2.75) is 6.04 Å². The average molecular weight is 363 g/mol. The molecule has 0 bridgehead atoms. The molecule has 1 unspecified atom stereocenters. The fraction of sp³-hybridized carbons (Fsp3) is 0.0526. The molecule has 2 N–H and O–H groups in total. The second-order valence-electron chi connectivity index (χ2n) is 5.76. The summed E-state index contributed by atoms with van der Waals surface area (Å²) < 4.78 is 18.7. The number of furan rings is 1. The average Bonchev–Trinajstić information content (AvgIpc) is 3.39. The van der Waals surface area contributed by atoms with Crippen LogP contribution in [0.5, 0.6) is 0 Å². The Balaban J connectivity index is 1.58. The van der Waals surface area contributed by atoms with E-state index in [0.717, 1.165) is 5.56 Å². The summed E-state index contributed by atoms with van der Waals surface area (Å²) in [4.78, 5) is 12.7. The van der Waals surface area contributed by atoms with Crippen LogP contribution in [0.1, 0.15) is 28.0 Å². The lowest BCUT2D eigenvalue weighted by Crippen LogP contribution is -2.29. The molecular formula is C19H14FN5O2. The van der Waals surface area contributed by atoms with Gasteiger partial charge in [0.1, 0.15) is 17.6 Å². The van der Waals surface area contributed by atoms with E-state index in [1.807, 2.05) is 30.3 Å². The fourth-order valence-electron chi connectivity index (χ4n) is 2.67. The third-order valence-corrected chi connectivity index (χ3v) is 3.99. The van der Waals surface area contributed by atoms with Gasteiger partial charge in [-0.1, -0.05) is 35.5 Å². The quantitative estimate of drug-likeness (QED) is 0.568. The number of hydrogen-bond donors (Lipinski definition) is 2. The molecule has 0 saturated heterocycles. The molecule has 8 heteroatoms. The van der Waals surface area contributed by atoms with Crippen LogP contribution in [0, 0.1) is 5.82 Å². The monoisotopic (exact) mass is 363 g/mol. The number of benzene rings is 2. The Kier molecular flexibility index (Phi) is 4.44. The Morgan fingerprint density at radius 3 is 2.52 bits per heavy atom. The maximum absolute atomic E-state index is 13.1. The summed E-state index contributed by atoms with van der Waals surface area (Å²) in [5.74, 6) is 0.158. The van der Waals surface area contributed by atoms with Crippen molar-refractivity contribution in [3.8, 4) is 11.3 Å². The molecule has 0 aliphatic carbocycles. The molecule has 1 amide bonds. The first-order valence-electron chi connectivity index (χ1n) is 8.15. The minimum absolute atomic E-state index is 0.124. The molecule has 4 aromatic rings. The van der Waals surface area contributed by atoms with E-state index in [1.54, 1.807) is 24.3 Å². The summed E-state index contributed by atoms with van der Waals surface area (Å²) in [6.07, 6.45) is 0. The van der Waals surface area contributed by atoms with Crippen LogP contribution in [0.3, 0.4) is 0 Å². The number of rotatable bonds is 5. The smallest absolute Gasteiger partial charge is 0.287 e.